The van der Waals surface area contributed by atoms with Gasteiger partial charge in [0.2, 0.25) is 0 Å². The minimum absolute atomic E-state index is 0.309. The molecule has 0 aromatic heterocycles. The van der Waals surface area contributed by atoms with E-state index in [1.165, 1.54) is 6.07 Å². The van der Waals surface area contributed by atoms with Crippen LogP contribution in [0.2, 0.25) is 0 Å². The number of hydrogen-bond donors (Lipinski definition) is 3. The Hall–Kier alpha value is -1.62. The standard InChI is InChI=1S/C10H13FN2O2/c1-13-3-2-6-4-8(11)7(10(14)15)5-9(6)12/h4-5,13H,2-3,12H2,1H3,(H,14,15). The van der Waals surface area contributed by atoms with Gasteiger partial charge >= 0.3 is 5.97 Å². The lowest BCUT2D eigenvalue weighted by molar-refractivity contribution is 0.0692. The number of anilines is 1. The second kappa shape index (κ2) is 4.75. The van der Waals surface area contributed by atoms with Crippen LogP contribution in [0, 0.1) is 5.82 Å². The fourth-order valence-corrected chi connectivity index (χ4v) is 1.27. The van der Waals surface area contributed by atoms with Gasteiger partial charge in [0, 0.05) is 5.69 Å². The Morgan fingerprint density at radius 2 is 2.27 bits per heavy atom. The van der Waals surface area contributed by atoms with Crippen molar-refractivity contribution in [2.24, 2.45) is 0 Å². The number of halogens is 1. The number of nitrogens with one attached hydrogen (secondary N) is 1. The van der Waals surface area contributed by atoms with Crippen LogP contribution >= 0.6 is 0 Å². The van der Waals surface area contributed by atoms with Gasteiger partial charge < -0.3 is 16.2 Å². The fourth-order valence-electron chi connectivity index (χ4n) is 1.27. The molecule has 0 aliphatic carbocycles. The monoisotopic (exact) mass is 212 g/mol. The molecule has 0 amide bonds. The summed E-state index contributed by atoms with van der Waals surface area (Å²) in [6.07, 6.45) is 0.569. The molecule has 1 aromatic rings. The maximum absolute atomic E-state index is 13.3. The Bertz CT molecular complexity index is 380. The van der Waals surface area contributed by atoms with Crippen molar-refractivity contribution >= 4 is 11.7 Å². The molecular formula is C10H13FN2O2. The summed E-state index contributed by atoms with van der Waals surface area (Å²) < 4.78 is 13.3. The van der Waals surface area contributed by atoms with Gasteiger partial charge in [-0.15, -0.1) is 0 Å². The van der Waals surface area contributed by atoms with E-state index in [0.29, 0.717) is 24.2 Å². The zero-order valence-corrected chi connectivity index (χ0v) is 8.38. The van der Waals surface area contributed by atoms with Gasteiger partial charge in [-0.3, -0.25) is 0 Å². The predicted octanol–water partition coefficient (Wildman–Crippen LogP) is 0.868. The van der Waals surface area contributed by atoms with Crippen LogP contribution in [0.1, 0.15) is 15.9 Å². The number of nitrogen functional groups attached to an aromatic ring is 1. The molecule has 4 N–H and O–H groups in total. The lowest BCUT2D eigenvalue weighted by Crippen LogP contribution is -2.12. The molecule has 1 rings (SSSR count). The molecular weight excluding hydrogens is 199 g/mol. The van der Waals surface area contributed by atoms with Crippen LogP contribution in [-0.4, -0.2) is 24.7 Å². The minimum atomic E-state index is -1.31. The smallest absolute Gasteiger partial charge is 0.338 e. The zero-order valence-electron chi connectivity index (χ0n) is 8.38. The summed E-state index contributed by atoms with van der Waals surface area (Å²) >= 11 is 0. The number of nitrogens with two attached hydrogens (primary N) is 1. The third kappa shape index (κ3) is 2.66. The van der Waals surface area contributed by atoms with Crippen molar-refractivity contribution in [2.45, 2.75) is 6.42 Å². The van der Waals surface area contributed by atoms with Crippen molar-refractivity contribution in [3.05, 3.63) is 29.1 Å². The van der Waals surface area contributed by atoms with Crippen LogP contribution in [0.15, 0.2) is 12.1 Å². The maximum Gasteiger partial charge on any atom is 0.338 e. The van der Waals surface area contributed by atoms with Gasteiger partial charge in [-0.1, -0.05) is 0 Å². The maximum atomic E-state index is 13.3. The molecule has 0 aliphatic heterocycles. The summed E-state index contributed by atoms with van der Waals surface area (Å²) in [5.41, 5.74) is 6.15. The molecule has 4 nitrogen and oxygen atoms in total. The van der Waals surface area contributed by atoms with E-state index in [0.717, 1.165) is 6.07 Å². The quantitative estimate of drug-likeness (QED) is 0.647. The molecule has 0 saturated carbocycles. The number of carboxylic acids is 1. The number of rotatable bonds is 4. The molecule has 0 aliphatic rings. The first-order valence-corrected chi connectivity index (χ1v) is 4.52. The highest BCUT2D eigenvalue weighted by Crippen LogP contribution is 2.18. The molecule has 0 bridgehead atoms. The van der Waals surface area contributed by atoms with Crippen LogP contribution in [0.3, 0.4) is 0 Å². The third-order valence-electron chi connectivity index (χ3n) is 2.10. The number of benzene rings is 1. The predicted molar refractivity (Wildman–Crippen MR) is 55.4 cm³/mol. The van der Waals surface area contributed by atoms with Crippen molar-refractivity contribution in [2.75, 3.05) is 19.3 Å². The van der Waals surface area contributed by atoms with E-state index >= 15 is 0 Å². The molecule has 0 fully saturated rings. The highest BCUT2D eigenvalue weighted by atomic mass is 19.1. The van der Waals surface area contributed by atoms with Crippen LogP contribution in [0.5, 0.6) is 0 Å². The average Bonchev–Trinajstić information content (AvgIpc) is 2.18. The van der Waals surface area contributed by atoms with Gasteiger partial charge in [-0.25, -0.2) is 9.18 Å². The number of carboxylic acid groups (broad SMARTS) is 1. The number of carbonyl (C=O) groups is 1. The molecule has 0 unspecified atom stereocenters. The van der Waals surface area contributed by atoms with E-state index < -0.39 is 11.8 Å². The summed E-state index contributed by atoms with van der Waals surface area (Å²) in [6, 6.07) is 2.33. The van der Waals surface area contributed by atoms with E-state index in [1.54, 1.807) is 7.05 Å². The largest absolute Gasteiger partial charge is 0.478 e. The Balaban J connectivity index is 3.02. The normalized spacial score (nSPS) is 10.3. The molecule has 0 atom stereocenters. The van der Waals surface area contributed by atoms with Crippen LogP contribution in [-0.2, 0) is 6.42 Å². The van der Waals surface area contributed by atoms with Crippen molar-refractivity contribution in [3.63, 3.8) is 0 Å². The number of hydrogen-bond acceptors (Lipinski definition) is 3. The van der Waals surface area contributed by atoms with Crippen LogP contribution in [0.25, 0.3) is 0 Å². The molecule has 82 valence electrons. The average molecular weight is 212 g/mol. The minimum Gasteiger partial charge on any atom is -0.478 e. The van der Waals surface area contributed by atoms with Gasteiger partial charge in [0.15, 0.2) is 0 Å². The SMILES string of the molecule is CNCCc1cc(F)c(C(=O)O)cc1N. The molecule has 1 aromatic carbocycles. The van der Waals surface area contributed by atoms with Crippen molar-refractivity contribution in [1.29, 1.82) is 0 Å². The van der Waals surface area contributed by atoms with Crippen LogP contribution < -0.4 is 11.1 Å². The summed E-state index contributed by atoms with van der Waals surface area (Å²) in [4.78, 5) is 10.6. The van der Waals surface area contributed by atoms with Gasteiger partial charge in [-0.05, 0) is 37.7 Å². The Labute approximate surface area is 86.9 Å². The van der Waals surface area contributed by atoms with Crippen molar-refractivity contribution in [3.8, 4) is 0 Å². The van der Waals surface area contributed by atoms with E-state index in [1.807, 2.05) is 0 Å². The molecule has 15 heavy (non-hydrogen) atoms. The highest BCUT2D eigenvalue weighted by molar-refractivity contribution is 5.89. The number of aromatic carboxylic acids is 1. The van der Waals surface area contributed by atoms with E-state index in [-0.39, 0.29) is 5.56 Å². The van der Waals surface area contributed by atoms with Gasteiger partial charge in [-0.2, -0.15) is 0 Å². The van der Waals surface area contributed by atoms with E-state index in [4.69, 9.17) is 10.8 Å². The van der Waals surface area contributed by atoms with E-state index in [9.17, 15) is 9.18 Å². The zero-order chi connectivity index (χ0) is 11.4. The summed E-state index contributed by atoms with van der Waals surface area (Å²) in [5, 5.41) is 11.6. The van der Waals surface area contributed by atoms with E-state index in [2.05, 4.69) is 5.32 Å². The topological polar surface area (TPSA) is 75.3 Å². The third-order valence-corrected chi connectivity index (χ3v) is 2.10. The Morgan fingerprint density at radius 3 is 2.80 bits per heavy atom. The Morgan fingerprint density at radius 1 is 1.60 bits per heavy atom. The lowest BCUT2D eigenvalue weighted by Gasteiger charge is -2.07. The second-order valence-electron chi connectivity index (χ2n) is 3.19. The summed E-state index contributed by atoms with van der Waals surface area (Å²) in [5.74, 6) is -2.05. The first-order chi connectivity index (χ1) is 7.06. The van der Waals surface area contributed by atoms with Crippen molar-refractivity contribution in [1.82, 2.24) is 5.32 Å². The summed E-state index contributed by atoms with van der Waals surface area (Å²) in [7, 11) is 1.78. The van der Waals surface area contributed by atoms with Gasteiger partial charge in [0.25, 0.3) is 0 Å². The second-order valence-corrected chi connectivity index (χ2v) is 3.19. The first-order valence-electron chi connectivity index (χ1n) is 4.52. The molecule has 0 heterocycles. The van der Waals surface area contributed by atoms with Crippen LogP contribution in [0.4, 0.5) is 10.1 Å². The first kappa shape index (κ1) is 11.5. The number of likely N-dealkylation sites (N-methyl/N-ethyl adjacent to an activating group) is 1. The summed E-state index contributed by atoms with van der Waals surface area (Å²) in [6.45, 7) is 0.663. The highest BCUT2D eigenvalue weighted by Gasteiger charge is 2.13. The Kier molecular flexibility index (Phi) is 3.62. The van der Waals surface area contributed by atoms with Gasteiger partial charge in [0.05, 0.1) is 5.56 Å². The lowest BCUT2D eigenvalue weighted by atomic mass is 10.1. The molecule has 0 saturated heterocycles. The van der Waals surface area contributed by atoms with Gasteiger partial charge in [0.1, 0.15) is 5.82 Å². The molecule has 5 heteroatoms. The molecule has 0 radical (unpaired) electrons. The molecule has 0 spiro atoms. The fraction of sp³-hybridized carbons (Fsp3) is 0.300. The van der Waals surface area contributed by atoms with Crippen molar-refractivity contribution < 1.29 is 14.3 Å².